The van der Waals surface area contributed by atoms with E-state index in [-0.39, 0.29) is 24.3 Å². The van der Waals surface area contributed by atoms with Crippen LogP contribution in [0.1, 0.15) is 60.3 Å². The van der Waals surface area contributed by atoms with E-state index < -0.39 is 17.6 Å². The maximum Gasteiger partial charge on any atom is 0.217 e. The molecule has 0 aromatic heterocycles. The fourth-order valence-electron chi connectivity index (χ4n) is 4.39. The van der Waals surface area contributed by atoms with Gasteiger partial charge in [0.15, 0.2) is 5.78 Å². The number of methoxy groups -OCH3 is 1. The minimum absolute atomic E-state index is 0.0900. The number of aliphatic hydroxyl groups is 1. The molecular formula is C26H31N3O4. The van der Waals surface area contributed by atoms with Gasteiger partial charge in [-0.1, -0.05) is 26.0 Å². The van der Waals surface area contributed by atoms with Gasteiger partial charge in [0.1, 0.15) is 5.75 Å². The molecule has 1 amide bonds. The Balaban J connectivity index is 1.78. The first kappa shape index (κ1) is 24.4. The van der Waals surface area contributed by atoms with Crippen LogP contribution in [0.5, 0.6) is 5.75 Å². The van der Waals surface area contributed by atoms with Crippen LogP contribution in [-0.4, -0.2) is 42.6 Å². The third-order valence-corrected chi connectivity index (χ3v) is 6.15. The number of benzene rings is 2. The third kappa shape index (κ3) is 5.78. The fourth-order valence-corrected chi connectivity index (χ4v) is 4.39. The zero-order valence-electron chi connectivity index (χ0n) is 19.5. The molecule has 0 spiro atoms. The molecule has 33 heavy (non-hydrogen) atoms. The maximum absolute atomic E-state index is 12.9. The number of Topliss-reactive ketones (excluding diaryl/α,β-unsaturated/α-hetero) is 1. The van der Waals surface area contributed by atoms with Crippen molar-refractivity contribution in [2.75, 3.05) is 13.7 Å². The number of ketones is 1. The Morgan fingerprint density at radius 1 is 1.30 bits per heavy atom. The van der Waals surface area contributed by atoms with Crippen molar-refractivity contribution < 1.29 is 19.4 Å². The molecule has 0 radical (unpaired) electrons. The molecule has 3 rings (SSSR count). The summed E-state index contributed by atoms with van der Waals surface area (Å²) in [5.74, 6) is 0.518. The molecule has 0 fully saturated rings. The van der Waals surface area contributed by atoms with Gasteiger partial charge in [0, 0.05) is 30.5 Å². The summed E-state index contributed by atoms with van der Waals surface area (Å²) < 4.78 is 5.35. The van der Waals surface area contributed by atoms with Crippen LogP contribution in [0, 0.1) is 16.7 Å². The molecule has 0 saturated heterocycles. The van der Waals surface area contributed by atoms with Crippen molar-refractivity contribution in [3.05, 3.63) is 64.7 Å². The highest BCUT2D eigenvalue weighted by Gasteiger charge is 2.39. The normalized spacial score (nSPS) is 18.5. The van der Waals surface area contributed by atoms with Gasteiger partial charge in [-0.3, -0.25) is 9.59 Å². The summed E-state index contributed by atoms with van der Waals surface area (Å²) in [5, 5.41) is 26.4. The highest BCUT2D eigenvalue weighted by molar-refractivity contribution is 6.02. The maximum atomic E-state index is 12.9. The molecule has 3 N–H and O–H groups in total. The smallest absolute Gasteiger partial charge is 0.217 e. The first-order valence-electron chi connectivity index (χ1n) is 11.0. The lowest BCUT2D eigenvalue weighted by molar-refractivity contribution is -0.120. The second kappa shape index (κ2) is 10.2. The van der Waals surface area contributed by atoms with E-state index in [1.807, 2.05) is 26.0 Å². The second-order valence-corrected chi connectivity index (χ2v) is 9.22. The number of rotatable bonds is 8. The van der Waals surface area contributed by atoms with Crippen LogP contribution in [0.3, 0.4) is 0 Å². The standard InChI is InChI=1S/C26H31N3O4/c1-16(30)29-22(11-17-6-5-7-18(10-17)14-27)24(31)15-28-23-13-26(2,3)25(32)20-9-8-19(33-4)12-21(20)23/h5-10,12,22-24,28,31H,11,13,15H2,1-4H3,(H,29,30)/t22-,23+,24+/m0/s1. The lowest BCUT2D eigenvalue weighted by Crippen LogP contribution is -2.49. The van der Waals surface area contributed by atoms with Crippen LogP contribution >= 0.6 is 0 Å². The Hall–Kier alpha value is -3.21. The van der Waals surface area contributed by atoms with Gasteiger partial charge >= 0.3 is 0 Å². The lowest BCUT2D eigenvalue weighted by atomic mass is 9.71. The van der Waals surface area contributed by atoms with Crippen LogP contribution in [0.25, 0.3) is 0 Å². The number of hydrogen-bond donors (Lipinski definition) is 3. The van der Waals surface area contributed by atoms with Gasteiger partial charge in [-0.05, 0) is 54.3 Å². The molecule has 7 nitrogen and oxygen atoms in total. The Labute approximate surface area is 194 Å². The van der Waals surface area contributed by atoms with E-state index in [0.29, 0.717) is 29.7 Å². The van der Waals surface area contributed by atoms with Crippen molar-refractivity contribution >= 4 is 11.7 Å². The van der Waals surface area contributed by atoms with Gasteiger partial charge in [0.2, 0.25) is 5.91 Å². The number of nitriles is 1. The number of aliphatic hydroxyl groups excluding tert-OH is 1. The first-order valence-corrected chi connectivity index (χ1v) is 11.0. The number of amides is 1. The summed E-state index contributed by atoms with van der Waals surface area (Å²) in [6.07, 6.45) is 0.0829. The van der Waals surface area contributed by atoms with Crippen molar-refractivity contribution in [2.45, 2.75) is 51.8 Å². The number of carbonyl (C=O) groups excluding carboxylic acids is 2. The van der Waals surface area contributed by atoms with E-state index in [1.165, 1.54) is 6.92 Å². The summed E-state index contributed by atoms with van der Waals surface area (Å²) in [4.78, 5) is 24.7. The minimum Gasteiger partial charge on any atom is -0.497 e. The van der Waals surface area contributed by atoms with Crippen molar-refractivity contribution in [3.63, 3.8) is 0 Å². The molecular weight excluding hydrogens is 418 g/mol. The number of hydrogen-bond acceptors (Lipinski definition) is 6. The van der Waals surface area contributed by atoms with E-state index in [1.54, 1.807) is 37.4 Å². The van der Waals surface area contributed by atoms with Gasteiger partial charge in [0.05, 0.1) is 30.9 Å². The molecule has 7 heteroatoms. The van der Waals surface area contributed by atoms with E-state index in [0.717, 1.165) is 11.1 Å². The molecule has 1 aliphatic carbocycles. The zero-order valence-corrected chi connectivity index (χ0v) is 19.5. The quantitative estimate of drug-likeness (QED) is 0.571. The fraction of sp³-hybridized carbons (Fsp3) is 0.423. The summed E-state index contributed by atoms with van der Waals surface area (Å²) in [6.45, 7) is 5.48. The second-order valence-electron chi connectivity index (χ2n) is 9.22. The summed E-state index contributed by atoms with van der Waals surface area (Å²) in [6, 6.07) is 14.0. The summed E-state index contributed by atoms with van der Waals surface area (Å²) in [5.41, 5.74) is 2.35. The molecule has 3 atom stereocenters. The molecule has 0 heterocycles. The van der Waals surface area contributed by atoms with Gasteiger partial charge < -0.3 is 20.5 Å². The molecule has 0 unspecified atom stereocenters. The van der Waals surface area contributed by atoms with Crippen LogP contribution in [0.2, 0.25) is 0 Å². The largest absolute Gasteiger partial charge is 0.497 e. The van der Waals surface area contributed by atoms with Gasteiger partial charge in [-0.2, -0.15) is 5.26 Å². The number of fused-ring (bicyclic) bond motifs is 1. The molecule has 2 aromatic rings. The minimum atomic E-state index is -0.880. The van der Waals surface area contributed by atoms with Crippen molar-refractivity contribution in [1.29, 1.82) is 5.26 Å². The summed E-state index contributed by atoms with van der Waals surface area (Å²) in [7, 11) is 1.59. The predicted octanol–water partition coefficient (Wildman–Crippen LogP) is 2.92. The van der Waals surface area contributed by atoms with Gasteiger partial charge in [0.25, 0.3) is 0 Å². The molecule has 0 aliphatic heterocycles. The zero-order chi connectivity index (χ0) is 24.2. The number of carbonyl (C=O) groups is 2. The van der Waals surface area contributed by atoms with Crippen LogP contribution in [0.15, 0.2) is 42.5 Å². The molecule has 0 saturated carbocycles. The SMILES string of the molecule is COc1ccc2c(c1)[C@H](NC[C@@H](O)[C@H](Cc1cccc(C#N)c1)NC(C)=O)CC(C)(C)C2=O. The van der Waals surface area contributed by atoms with Crippen molar-refractivity contribution in [3.8, 4) is 11.8 Å². The van der Waals surface area contributed by atoms with E-state index >= 15 is 0 Å². The molecule has 1 aliphatic rings. The average Bonchev–Trinajstić information content (AvgIpc) is 2.79. The summed E-state index contributed by atoms with van der Waals surface area (Å²) >= 11 is 0. The number of nitrogens with zero attached hydrogens (tertiary/aromatic N) is 1. The molecule has 0 bridgehead atoms. The Kier molecular flexibility index (Phi) is 7.52. The third-order valence-electron chi connectivity index (χ3n) is 6.15. The Morgan fingerprint density at radius 2 is 2.06 bits per heavy atom. The van der Waals surface area contributed by atoms with Crippen molar-refractivity contribution in [1.82, 2.24) is 10.6 Å². The van der Waals surface area contributed by atoms with Crippen LogP contribution in [0.4, 0.5) is 0 Å². The van der Waals surface area contributed by atoms with Gasteiger partial charge in [-0.15, -0.1) is 0 Å². The van der Waals surface area contributed by atoms with E-state index in [4.69, 9.17) is 10.00 Å². The predicted molar refractivity (Wildman–Crippen MR) is 125 cm³/mol. The number of nitrogens with one attached hydrogen (secondary N) is 2. The monoisotopic (exact) mass is 449 g/mol. The highest BCUT2D eigenvalue weighted by Crippen LogP contribution is 2.41. The average molecular weight is 450 g/mol. The highest BCUT2D eigenvalue weighted by atomic mass is 16.5. The Bertz CT molecular complexity index is 1070. The topological polar surface area (TPSA) is 111 Å². The van der Waals surface area contributed by atoms with Crippen LogP contribution in [-0.2, 0) is 11.2 Å². The Morgan fingerprint density at radius 3 is 2.73 bits per heavy atom. The van der Waals surface area contributed by atoms with E-state index in [9.17, 15) is 14.7 Å². The lowest BCUT2D eigenvalue weighted by Gasteiger charge is -2.37. The molecule has 174 valence electrons. The van der Waals surface area contributed by atoms with E-state index in [2.05, 4.69) is 16.7 Å². The van der Waals surface area contributed by atoms with Gasteiger partial charge in [-0.25, -0.2) is 0 Å². The van der Waals surface area contributed by atoms with Crippen LogP contribution < -0.4 is 15.4 Å². The van der Waals surface area contributed by atoms with Crippen molar-refractivity contribution in [2.24, 2.45) is 5.41 Å². The number of ether oxygens (including phenoxy) is 1. The molecule has 2 aromatic carbocycles. The first-order chi connectivity index (χ1) is 15.6.